The molecular weight excluding hydrogens is 262 g/mol. The van der Waals surface area contributed by atoms with Crippen LogP contribution >= 0.6 is 0 Å². The zero-order valence-corrected chi connectivity index (χ0v) is 13.7. The molecule has 1 aromatic rings. The second-order valence-electron chi connectivity index (χ2n) is 7.29. The molecule has 0 unspecified atom stereocenters. The Kier molecular flexibility index (Phi) is 6.22. The SMILES string of the molecule is CC(C)(CCN)CCc1nc(C2CCCCCCC2)no1. The van der Waals surface area contributed by atoms with E-state index in [1.165, 1.54) is 44.9 Å². The Hall–Kier alpha value is -0.900. The lowest BCUT2D eigenvalue weighted by atomic mass is 9.84. The fourth-order valence-electron chi connectivity index (χ4n) is 3.21. The minimum absolute atomic E-state index is 0.254. The number of aromatic nitrogens is 2. The summed E-state index contributed by atoms with van der Waals surface area (Å²) in [6, 6.07) is 0. The molecule has 4 heteroatoms. The number of hydrogen-bond acceptors (Lipinski definition) is 4. The van der Waals surface area contributed by atoms with Crippen LogP contribution in [0.5, 0.6) is 0 Å². The third-order valence-corrected chi connectivity index (χ3v) is 4.79. The Labute approximate surface area is 128 Å². The van der Waals surface area contributed by atoms with Gasteiger partial charge >= 0.3 is 0 Å². The minimum Gasteiger partial charge on any atom is -0.339 e. The van der Waals surface area contributed by atoms with Crippen LogP contribution in [0.25, 0.3) is 0 Å². The highest BCUT2D eigenvalue weighted by molar-refractivity contribution is 4.96. The predicted octanol–water partition coefficient (Wildman–Crippen LogP) is 4.21. The molecule has 0 radical (unpaired) electrons. The molecule has 4 nitrogen and oxygen atoms in total. The molecule has 1 saturated carbocycles. The molecule has 2 N–H and O–H groups in total. The first kappa shape index (κ1) is 16.5. The van der Waals surface area contributed by atoms with Crippen molar-refractivity contribution in [2.24, 2.45) is 11.1 Å². The van der Waals surface area contributed by atoms with E-state index < -0.39 is 0 Å². The molecule has 0 atom stereocenters. The molecule has 1 fully saturated rings. The van der Waals surface area contributed by atoms with Gasteiger partial charge in [0.2, 0.25) is 5.89 Å². The van der Waals surface area contributed by atoms with Gasteiger partial charge in [0.1, 0.15) is 0 Å². The molecule has 2 rings (SSSR count). The molecule has 120 valence electrons. The van der Waals surface area contributed by atoms with Crippen molar-refractivity contribution in [2.45, 2.75) is 84.0 Å². The van der Waals surface area contributed by atoms with Gasteiger partial charge in [0, 0.05) is 12.3 Å². The molecule has 0 aliphatic heterocycles. The first-order valence-corrected chi connectivity index (χ1v) is 8.63. The molecule has 0 saturated heterocycles. The molecule has 21 heavy (non-hydrogen) atoms. The third-order valence-electron chi connectivity index (χ3n) is 4.79. The van der Waals surface area contributed by atoms with Gasteiger partial charge in [0.15, 0.2) is 5.82 Å². The van der Waals surface area contributed by atoms with Gasteiger partial charge in [0.25, 0.3) is 0 Å². The van der Waals surface area contributed by atoms with E-state index in [1.54, 1.807) is 0 Å². The predicted molar refractivity (Wildman–Crippen MR) is 85.1 cm³/mol. The Morgan fingerprint density at radius 2 is 1.76 bits per heavy atom. The summed E-state index contributed by atoms with van der Waals surface area (Å²) in [6.45, 7) is 5.25. The van der Waals surface area contributed by atoms with Crippen molar-refractivity contribution >= 4 is 0 Å². The molecule has 1 heterocycles. The first-order chi connectivity index (χ1) is 10.1. The second kappa shape index (κ2) is 7.92. The smallest absolute Gasteiger partial charge is 0.226 e. The van der Waals surface area contributed by atoms with Gasteiger partial charge in [-0.2, -0.15) is 4.98 Å². The van der Waals surface area contributed by atoms with E-state index in [2.05, 4.69) is 24.0 Å². The lowest BCUT2D eigenvalue weighted by Gasteiger charge is -2.22. The summed E-state index contributed by atoms with van der Waals surface area (Å²) in [5.41, 5.74) is 5.91. The molecule has 1 aliphatic rings. The normalized spacial score (nSPS) is 18.4. The quantitative estimate of drug-likeness (QED) is 0.853. The Morgan fingerprint density at radius 1 is 1.10 bits per heavy atom. The van der Waals surface area contributed by atoms with Gasteiger partial charge < -0.3 is 10.3 Å². The molecular formula is C17H31N3O. The maximum atomic E-state index is 5.66. The third kappa shape index (κ3) is 5.42. The largest absolute Gasteiger partial charge is 0.339 e. The van der Waals surface area contributed by atoms with Crippen LogP contribution < -0.4 is 5.73 Å². The van der Waals surface area contributed by atoms with E-state index in [0.717, 1.165) is 37.5 Å². The van der Waals surface area contributed by atoms with Crippen molar-refractivity contribution in [3.8, 4) is 0 Å². The van der Waals surface area contributed by atoms with Gasteiger partial charge in [0.05, 0.1) is 0 Å². The average molecular weight is 293 g/mol. The Balaban J connectivity index is 1.88. The van der Waals surface area contributed by atoms with Crippen LogP contribution in [0, 0.1) is 5.41 Å². The van der Waals surface area contributed by atoms with Crippen LogP contribution in [-0.4, -0.2) is 16.7 Å². The monoisotopic (exact) mass is 293 g/mol. The highest BCUT2D eigenvalue weighted by atomic mass is 16.5. The summed E-state index contributed by atoms with van der Waals surface area (Å²) >= 11 is 0. The van der Waals surface area contributed by atoms with Crippen LogP contribution in [0.15, 0.2) is 4.52 Å². The van der Waals surface area contributed by atoms with Gasteiger partial charge in [-0.3, -0.25) is 0 Å². The standard InChI is InChI=1S/C17H31N3O/c1-17(2,12-13-18)11-10-15-19-16(20-21-15)14-8-6-4-3-5-7-9-14/h14H,3-13,18H2,1-2H3. The van der Waals surface area contributed by atoms with Gasteiger partial charge in [-0.05, 0) is 37.6 Å². The number of hydrogen-bond donors (Lipinski definition) is 1. The number of rotatable bonds is 6. The van der Waals surface area contributed by atoms with Crippen LogP contribution in [0.4, 0.5) is 0 Å². The van der Waals surface area contributed by atoms with E-state index in [4.69, 9.17) is 10.3 Å². The average Bonchev–Trinajstić information content (AvgIpc) is 2.85. The summed E-state index contributed by atoms with van der Waals surface area (Å²) < 4.78 is 5.47. The molecule has 0 amide bonds. The zero-order chi connectivity index (χ0) is 15.1. The molecule has 1 aliphatic carbocycles. The van der Waals surface area contributed by atoms with Gasteiger partial charge in [-0.25, -0.2) is 0 Å². The summed E-state index contributed by atoms with van der Waals surface area (Å²) in [5, 5.41) is 4.25. The molecule has 1 aromatic heterocycles. The highest BCUT2D eigenvalue weighted by Gasteiger charge is 2.21. The minimum atomic E-state index is 0.254. The van der Waals surface area contributed by atoms with Crippen molar-refractivity contribution in [1.29, 1.82) is 0 Å². The number of nitrogens with zero attached hydrogens (tertiary/aromatic N) is 2. The molecule has 0 bridgehead atoms. The maximum Gasteiger partial charge on any atom is 0.226 e. The Morgan fingerprint density at radius 3 is 2.43 bits per heavy atom. The lowest BCUT2D eigenvalue weighted by Crippen LogP contribution is -2.17. The Bertz CT molecular complexity index is 406. The van der Waals surface area contributed by atoms with Crippen LogP contribution in [0.1, 0.15) is 89.3 Å². The van der Waals surface area contributed by atoms with E-state index in [1.807, 2.05) is 0 Å². The first-order valence-electron chi connectivity index (χ1n) is 8.63. The second-order valence-corrected chi connectivity index (χ2v) is 7.29. The van der Waals surface area contributed by atoms with E-state index in [9.17, 15) is 0 Å². The summed E-state index contributed by atoms with van der Waals surface area (Å²) in [6.07, 6.45) is 12.1. The summed E-state index contributed by atoms with van der Waals surface area (Å²) in [7, 11) is 0. The number of aryl methyl sites for hydroxylation is 1. The topological polar surface area (TPSA) is 64.9 Å². The van der Waals surface area contributed by atoms with Crippen LogP contribution in [-0.2, 0) is 6.42 Å². The lowest BCUT2D eigenvalue weighted by molar-refractivity contribution is 0.288. The van der Waals surface area contributed by atoms with Crippen molar-refractivity contribution in [2.75, 3.05) is 6.54 Å². The van der Waals surface area contributed by atoms with Crippen molar-refractivity contribution in [3.63, 3.8) is 0 Å². The van der Waals surface area contributed by atoms with Crippen molar-refractivity contribution in [3.05, 3.63) is 11.7 Å². The number of nitrogens with two attached hydrogens (primary N) is 1. The van der Waals surface area contributed by atoms with Crippen molar-refractivity contribution < 1.29 is 4.52 Å². The zero-order valence-electron chi connectivity index (χ0n) is 13.7. The van der Waals surface area contributed by atoms with E-state index >= 15 is 0 Å². The van der Waals surface area contributed by atoms with Crippen LogP contribution in [0.3, 0.4) is 0 Å². The fraction of sp³-hybridized carbons (Fsp3) is 0.882. The van der Waals surface area contributed by atoms with Crippen molar-refractivity contribution in [1.82, 2.24) is 10.1 Å². The van der Waals surface area contributed by atoms with Gasteiger partial charge in [-0.1, -0.05) is 51.1 Å². The van der Waals surface area contributed by atoms with Gasteiger partial charge in [-0.15, -0.1) is 0 Å². The molecule has 0 aromatic carbocycles. The van der Waals surface area contributed by atoms with E-state index in [0.29, 0.717) is 5.92 Å². The molecule has 0 spiro atoms. The maximum absolute atomic E-state index is 5.66. The highest BCUT2D eigenvalue weighted by Crippen LogP contribution is 2.30. The van der Waals surface area contributed by atoms with E-state index in [-0.39, 0.29) is 5.41 Å². The summed E-state index contributed by atoms with van der Waals surface area (Å²) in [4.78, 5) is 4.66. The summed E-state index contributed by atoms with van der Waals surface area (Å²) in [5.74, 6) is 2.26. The fourth-order valence-corrected chi connectivity index (χ4v) is 3.21. The van der Waals surface area contributed by atoms with Crippen LogP contribution in [0.2, 0.25) is 0 Å².